The molecule has 0 radical (unpaired) electrons. The Labute approximate surface area is 201 Å². The summed E-state index contributed by atoms with van der Waals surface area (Å²) in [5, 5.41) is 11.2. The van der Waals surface area contributed by atoms with Crippen LogP contribution in [0.15, 0.2) is 58.6 Å². The van der Waals surface area contributed by atoms with Gasteiger partial charge in [0.15, 0.2) is 0 Å². The first kappa shape index (κ1) is 23.5. The van der Waals surface area contributed by atoms with E-state index in [1.807, 2.05) is 24.3 Å². The van der Waals surface area contributed by atoms with Gasteiger partial charge >= 0.3 is 0 Å². The van der Waals surface area contributed by atoms with Crippen molar-refractivity contribution in [2.75, 3.05) is 46.5 Å². The lowest BCUT2D eigenvalue weighted by atomic mass is 9.95. The average Bonchev–Trinajstić information content (AvgIpc) is 3.09. The van der Waals surface area contributed by atoms with Gasteiger partial charge in [0.1, 0.15) is 11.5 Å². The summed E-state index contributed by atoms with van der Waals surface area (Å²) in [6.45, 7) is 4.38. The van der Waals surface area contributed by atoms with Gasteiger partial charge in [0.2, 0.25) is 0 Å². The molecule has 7 nitrogen and oxygen atoms in total. The van der Waals surface area contributed by atoms with Crippen LogP contribution >= 0.6 is 15.9 Å². The number of halogens is 1. The number of Topliss-reactive ketones (excluding diaryl/α,β-unsaturated/α-hetero) is 1. The molecule has 0 aromatic heterocycles. The monoisotopic (exact) mass is 514 g/mol. The summed E-state index contributed by atoms with van der Waals surface area (Å²) in [4.78, 5) is 30.1. The largest absolute Gasteiger partial charge is 0.507 e. The molecule has 2 heterocycles. The zero-order chi connectivity index (χ0) is 23.4. The van der Waals surface area contributed by atoms with Crippen LogP contribution in [0.2, 0.25) is 0 Å². The third kappa shape index (κ3) is 5.13. The molecule has 8 heteroatoms. The van der Waals surface area contributed by atoms with Crippen molar-refractivity contribution < 1.29 is 24.2 Å². The lowest BCUT2D eigenvalue weighted by Crippen LogP contribution is -2.38. The normalized spacial score (nSPS) is 20.9. The van der Waals surface area contributed by atoms with E-state index in [0.29, 0.717) is 31.1 Å². The van der Waals surface area contributed by atoms with Gasteiger partial charge in [0.25, 0.3) is 11.7 Å². The fourth-order valence-electron chi connectivity index (χ4n) is 4.35. The highest BCUT2D eigenvalue weighted by molar-refractivity contribution is 9.10. The SMILES string of the molecule is COc1cccc(C(O)=C2C(=O)C(=O)N(CCCN3CCOCC3)[C@@H]2c2cccc(Br)c2)c1. The second-order valence-electron chi connectivity index (χ2n) is 8.09. The summed E-state index contributed by atoms with van der Waals surface area (Å²) in [7, 11) is 1.54. The van der Waals surface area contributed by atoms with Gasteiger partial charge in [0, 0.05) is 36.2 Å². The Hall–Kier alpha value is -2.68. The Balaban J connectivity index is 1.68. The molecule has 2 aromatic carbocycles. The summed E-state index contributed by atoms with van der Waals surface area (Å²) in [6, 6.07) is 13.7. The zero-order valence-electron chi connectivity index (χ0n) is 18.5. The van der Waals surface area contributed by atoms with Gasteiger partial charge in [-0.2, -0.15) is 0 Å². The van der Waals surface area contributed by atoms with Crippen LogP contribution in [-0.2, 0) is 14.3 Å². The van der Waals surface area contributed by atoms with Crippen molar-refractivity contribution in [3.05, 3.63) is 69.7 Å². The van der Waals surface area contributed by atoms with E-state index in [2.05, 4.69) is 20.8 Å². The lowest BCUT2D eigenvalue weighted by Gasteiger charge is -2.29. The molecule has 1 N–H and O–H groups in total. The highest BCUT2D eigenvalue weighted by Crippen LogP contribution is 2.40. The maximum atomic E-state index is 13.1. The van der Waals surface area contributed by atoms with E-state index < -0.39 is 17.7 Å². The Morgan fingerprint density at radius 1 is 1.12 bits per heavy atom. The van der Waals surface area contributed by atoms with Crippen LogP contribution in [0, 0.1) is 0 Å². The van der Waals surface area contributed by atoms with Gasteiger partial charge in [-0.05, 0) is 36.2 Å². The standard InChI is InChI=1S/C25H27BrN2O5/c1-32-20-8-3-6-18(16-20)23(29)21-22(17-5-2-7-19(26)15-17)28(25(31)24(21)30)10-4-9-27-11-13-33-14-12-27/h2-3,5-8,15-16,22,29H,4,9-14H2,1H3/t22-/m1/s1. The fraction of sp³-hybridized carbons (Fsp3) is 0.360. The van der Waals surface area contributed by atoms with Crippen LogP contribution in [0.4, 0.5) is 0 Å². The molecule has 174 valence electrons. The van der Waals surface area contributed by atoms with E-state index in [1.165, 1.54) is 7.11 Å². The quantitative estimate of drug-likeness (QED) is 0.345. The average molecular weight is 515 g/mol. The molecule has 0 aliphatic carbocycles. The summed E-state index contributed by atoms with van der Waals surface area (Å²) >= 11 is 3.48. The summed E-state index contributed by atoms with van der Waals surface area (Å²) < 4.78 is 11.5. The number of aliphatic hydroxyl groups is 1. The highest BCUT2D eigenvalue weighted by atomic mass is 79.9. The van der Waals surface area contributed by atoms with Crippen molar-refractivity contribution >= 4 is 33.4 Å². The molecule has 1 atom stereocenters. The summed E-state index contributed by atoms with van der Waals surface area (Å²) in [5.41, 5.74) is 1.29. The molecule has 0 saturated carbocycles. The van der Waals surface area contributed by atoms with Gasteiger partial charge in [-0.3, -0.25) is 14.5 Å². The number of benzene rings is 2. The molecule has 0 bridgehead atoms. The minimum Gasteiger partial charge on any atom is -0.507 e. The Bertz CT molecular complexity index is 1060. The van der Waals surface area contributed by atoms with E-state index in [9.17, 15) is 14.7 Å². The number of aliphatic hydroxyl groups excluding tert-OH is 1. The summed E-state index contributed by atoms with van der Waals surface area (Å²) in [6.07, 6.45) is 0.719. The molecule has 1 amide bonds. The van der Waals surface area contributed by atoms with E-state index in [1.54, 1.807) is 29.2 Å². The molecule has 2 fully saturated rings. The molecule has 0 spiro atoms. The van der Waals surface area contributed by atoms with Crippen LogP contribution in [0.5, 0.6) is 5.75 Å². The molecular weight excluding hydrogens is 488 g/mol. The van der Waals surface area contributed by atoms with Crippen LogP contribution in [0.1, 0.15) is 23.6 Å². The molecule has 2 aliphatic heterocycles. The minimum absolute atomic E-state index is 0.0951. The second kappa shape index (κ2) is 10.5. The van der Waals surface area contributed by atoms with Crippen molar-refractivity contribution in [2.45, 2.75) is 12.5 Å². The lowest BCUT2D eigenvalue weighted by molar-refractivity contribution is -0.140. The molecule has 2 aromatic rings. The van der Waals surface area contributed by atoms with Crippen LogP contribution in [-0.4, -0.2) is 73.1 Å². The van der Waals surface area contributed by atoms with Gasteiger partial charge in [-0.1, -0.05) is 40.2 Å². The first-order valence-electron chi connectivity index (χ1n) is 11.0. The number of rotatable bonds is 7. The highest BCUT2D eigenvalue weighted by Gasteiger charge is 2.45. The Kier molecular flexibility index (Phi) is 7.47. The van der Waals surface area contributed by atoms with Crippen molar-refractivity contribution in [3.63, 3.8) is 0 Å². The number of ether oxygens (including phenoxy) is 2. The molecule has 2 saturated heterocycles. The van der Waals surface area contributed by atoms with E-state index in [4.69, 9.17) is 9.47 Å². The predicted molar refractivity (Wildman–Crippen MR) is 128 cm³/mol. The number of amides is 1. The van der Waals surface area contributed by atoms with Crippen molar-refractivity contribution in [1.82, 2.24) is 9.80 Å². The van der Waals surface area contributed by atoms with Gasteiger partial charge in [0.05, 0.1) is 31.9 Å². The molecular formula is C25H27BrN2O5. The number of carbonyl (C=O) groups excluding carboxylic acids is 2. The smallest absolute Gasteiger partial charge is 0.295 e. The van der Waals surface area contributed by atoms with Gasteiger partial charge < -0.3 is 19.5 Å². The maximum absolute atomic E-state index is 13.1. The first-order chi connectivity index (χ1) is 16.0. The van der Waals surface area contributed by atoms with Crippen LogP contribution < -0.4 is 4.74 Å². The number of nitrogens with zero attached hydrogens (tertiary/aromatic N) is 2. The van der Waals surface area contributed by atoms with E-state index in [0.717, 1.165) is 36.1 Å². The summed E-state index contributed by atoms with van der Waals surface area (Å²) in [5.74, 6) is -0.913. The number of likely N-dealkylation sites (tertiary alicyclic amines) is 1. The number of ketones is 1. The van der Waals surface area contributed by atoms with Crippen LogP contribution in [0.25, 0.3) is 5.76 Å². The molecule has 33 heavy (non-hydrogen) atoms. The van der Waals surface area contributed by atoms with E-state index in [-0.39, 0.29) is 11.3 Å². The topological polar surface area (TPSA) is 79.3 Å². The maximum Gasteiger partial charge on any atom is 0.295 e. The predicted octanol–water partition coefficient (Wildman–Crippen LogP) is 3.60. The Morgan fingerprint density at radius 2 is 1.88 bits per heavy atom. The third-order valence-electron chi connectivity index (χ3n) is 6.02. The molecule has 0 unspecified atom stereocenters. The first-order valence-corrected chi connectivity index (χ1v) is 11.8. The molecule has 2 aliphatic rings. The third-order valence-corrected chi connectivity index (χ3v) is 6.52. The minimum atomic E-state index is -0.674. The number of carbonyl (C=O) groups is 2. The van der Waals surface area contributed by atoms with E-state index >= 15 is 0 Å². The van der Waals surface area contributed by atoms with Crippen molar-refractivity contribution in [2.24, 2.45) is 0 Å². The van der Waals surface area contributed by atoms with Crippen molar-refractivity contribution in [3.8, 4) is 5.75 Å². The molecule has 4 rings (SSSR count). The number of hydrogen-bond acceptors (Lipinski definition) is 6. The number of morpholine rings is 1. The number of methoxy groups -OCH3 is 1. The van der Waals surface area contributed by atoms with Crippen molar-refractivity contribution in [1.29, 1.82) is 0 Å². The second-order valence-corrected chi connectivity index (χ2v) is 9.00. The number of hydrogen-bond donors (Lipinski definition) is 1. The van der Waals surface area contributed by atoms with Crippen LogP contribution in [0.3, 0.4) is 0 Å². The zero-order valence-corrected chi connectivity index (χ0v) is 20.1. The Morgan fingerprint density at radius 3 is 2.61 bits per heavy atom. The van der Waals surface area contributed by atoms with Gasteiger partial charge in [-0.15, -0.1) is 0 Å². The van der Waals surface area contributed by atoms with Gasteiger partial charge in [-0.25, -0.2) is 0 Å². The fourth-order valence-corrected chi connectivity index (χ4v) is 4.77.